The molecule has 2 heteroatoms. The van der Waals surface area contributed by atoms with E-state index in [2.05, 4.69) is 213 Å². The van der Waals surface area contributed by atoms with Gasteiger partial charge in [-0.1, -0.05) is 187 Å². The Balaban J connectivity index is 0.00000135. The first-order chi connectivity index (χ1) is 34.0. The van der Waals surface area contributed by atoms with Crippen molar-refractivity contribution in [2.45, 2.75) is 85.5 Å². The van der Waals surface area contributed by atoms with E-state index in [0.29, 0.717) is 0 Å². The number of furan rings is 1. The summed E-state index contributed by atoms with van der Waals surface area (Å²) in [7, 11) is 0. The Labute approximate surface area is 410 Å². The van der Waals surface area contributed by atoms with Crippen LogP contribution in [0.2, 0.25) is 0 Å². The van der Waals surface area contributed by atoms with E-state index < -0.39 is 0 Å². The molecule has 342 valence electrons. The van der Waals surface area contributed by atoms with Crippen LogP contribution in [0.5, 0.6) is 0 Å². The third-order valence-electron chi connectivity index (χ3n) is 14.4. The SMILES string of the molecule is CC.CC.CC1(C)C2=C(C=C(c3cccc(N(C4=CC=C(c5ccc6c(c5)oc5ccccc56)CC4)c4ccc(-c5ccccc5)cc4)c3)CC2)c2c(-c3ccccc3)cc(C3=CCCC=C3)cc21. The summed E-state index contributed by atoms with van der Waals surface area (Å²) in [6.45, 7) is 12.9. The summed E-state index contributed by atoms with van der Waals surface area (Å²) in [6.07, 6.45) is 20.4. The van der Waals surface area contributed by atoms with Gasteiger partial charge in [0.1, 0.15) is 11.2 Å². The predicted octanol–water partition coefficient (Wildman–Crippen LogP) is 19.5. The number of allylic oxidation sites excluding steroid dienone is 12. The Kier molecular flexibility index (Phi) is 12.9. The minimum atomic E-state index is -0.0621. The Bertz CT molecular complexity index is 3360. The van der Waals surface area contributed by atoms with Gasteiger partial charge in [-0.25, -0.2) is 0 Å². The summed E-state index contributed by atoms with van der Waals surface area (Å²) in [5.41, 5.74) is 24.2. The van der Waals surface area contributed by atoms with Crippen LogP contribution in [0, 0.1) is 0 Å². The molecule has 2 nitrogen and oxygen atoms in total. The van der Waals surface area contributed by atoms with Gasteiger partial charge in [0.15, 0.2) is 0 Å². The van der Waals surface area contributed by atoms with Crippen LogP contribution in [-0.2, 0) is 5.41 Å². The van der Waals surface area contributed by atoms with E-state index in [9.17, 15) is 0 Å². The van der Waals surface area contributed by atoms with E-state index in [-0.39, 0.29) is 5.41 Å². The van der Waals surface area contributed by atoms with Crippen molar-refractivity contribution in [3.05, 3.63) is 239 Å². The maximum Gasteiger partial charge on any atom is 0.136 e. The number of para-hydroxylation sites is 1. The monoisotopic (exact) mass is 897 g/mol. The Morgan fingerprint density at radius 3 is 1.90 bits per heavy atom. The van der Waals surface area contributed by atoms with E-state index in [4.69, 9.17) is 4.42 Å². The van der Waals surface area contributed by atoms with Crippen LogP contribution in [0.15, 0.2) is 216 Å². The van der Waals surface area contributed by atoms with E-state index >= 15 is 0 Å². The van der Waals surface area contributed by atoms with Gasteiger partial charge in [-0.05, 0) is 172 Å². The zero-order valence-electron chi connectivity index (χ0n) is 41.2. The van der Waals surface area contributed by atoms with Crippen molar-refractivity contribution in [2.75, 3.05) is 4.90 Å². The third kappa shape index (κ3) is 8.59. The topological polar surface area (TPSA) is 16.4 Å². The number of hydrogen-bond donors (Lipinski definition) is 0. The van der Waals surface area contributed by atoms with Crippen LogP contribution in [0.4, 0.5) is 11.4 Å². The van der Waals surface area contributed by atoms with Gasteiger partial charge in [0.25, 0.3) is 0 Å². The molecule has 0 amide bonds. The van der Waals surface area contributed by atoms with Gasteiger partial charge in [-0.2, -0.15) is 0 Å². The summed E-state index contributed by atoms with van der Waals surface area (Å²) >= 11 is 0. The highest BCUT2D eigenvalue weighted by Crippen LogP contribution is 2.55. The fourth-order valence-corrected chi connectivity index (χ4v) is 11.0. The van der Waals surface area contributed by atoms with Crippen molar-refractivity contribution >= 4 is 55.6 Å². The standard InChI is InChI=1S/C63H51NO.2C2H6/c1-63(2)58-36-30-48(38-57(58)62-56(46-19-10-5-11-20-46)39-50(40-59(62)63)43-17-8-4-9-18-43)47-21-14-22-53(37-47)64(51-31-25-44(26-32-51)42-15-6-3-7-16-42)52-33-27-45(28-34-52)49-29-35-55-54-23-12-13-24-60(54)65-61(55)41-49;2*1-2/h3,5-8,10-27,29,31-33,35,37-41H,4,9,28,30,34,36H2,1-2H3;2*1-2H3. The highest BCUT2D eigenvalue weighted by atomic mass is 16.3. The molecule has 8 aromatic rings. The largest absolute Gasteiger partial charge is 0.456 e. The molecular formula is C67H63NO. The van der Waals surface area contributed by atoms with Crippen molar-refractivity contribution in [1.82, 2.24) is 0 Å². The molecule has 0 atom stereocenters. The Morgan fingerprint density at radius 2 is 1.16 bits per heavy atom. The molecular weight excluding hydrogens is 835 g/mol. The maximum atomic E-state index is 6.30. The molecule has 1 aromatic heterocycles. The van der Waals surface area contributed by atoms with Crippen LogP contribution < -0.4 is 4.90 Å². The lowest BCUT2D eigenvalue weighted by molar-refractivity contribution is 0.609. The van der Waals surface area contributed by atoms with Gasteiger partial charge in [0.05, 0.1) is 0 Å². The minimum absolute atomic E-state index is 0.0621. The fraction of sp³-hybridized carbons (Fsp3) is 0.194. The average Bonchev–Trinajstić information content (AvgIpc) is 3.91. The fourth-order valence-electron chi connectivity index (χ4n) is 11.0. The van der Waals surface area contributed by atoms with E-state index in [0.717, 1.165) is 55.4 Å². The van der Waals surface area contributed by atoms with Crippen LogP contribution in [0.1, 0.15) is 108 Å². The first kappa shape index (κ1) is 45.4. The van der Waals surface area contributed by atoms with Gasteiger partial charge >= 0.3 is 0 Å². The predicted molar refractivity (Wildman–Crippen MR) is 298 cm³/mol. The second-order valence-electron chi connectivity index (χ2n) is 18.6. The normalized spacial score (nSPS) is 15.7. The molecule has 0 spiro atoms. The lowest BCUT2D eigenvalue weighted by atomic mass is 9.76. The van der Waals surface area contributed by atoms with Gasteiger partial charge in [-0.15, -0.1) is 0 Å². The average molecular weight is 898 g/mol. The highest BCUT2D eigenvalue weighted by Gasteiger charge is 2.40. The number of fused-ring (bicyclic) bond motifs is 5. The lowest BCUT2D eigenvalue weighted by Crippen LogP contribution is -2.19. The van der Waals surface area contributed by atoms with E-state index in [1.807, 2.05) is 33.8 Å². The van der Waals surface area contributed by atoms with Crippen molar-refractivity contribution in [3.63, 3.8) is 0 Å². The number of hydrogen-bond acceptors (Lipinski definition) is 2. The minimum Gasteiger partial charge on any atom is -0.456 e. The second kappa shape index (κ2) is 19.7. The lowest BCUT2D eigenvalue weighted by Gasteiger charge is -2.31. The molecule has 0 saturated carbocycles. The first-order valence-corrected chi connectivity index (χ1v) is 25.4. The zero-order chi connectivity index (χ0) is 47.5. The van der Waals surface area contributed by atoms with Gasteiger partial charge in [0.2, 0.25) is 0 Å². The second-order valence-corrected chi connectivity index (χ2v) is 18.6. The van der Waals surface area contributed by atoms with E-state index in [1.54, 1.807) is 5.57 Å². The summed E-state index contributed by atoms with van der Waals surface area (Å²) in [4.78, 5) is 2.49. The van der Waals surface area contributed by atoms with Crippen LogP contribution >= 0.6 is 0 Å². The quantitative estimate of drug-likeness (QED) is 0.151. The number of rotatable bonds is 8. The van der Waals surface area contributed by atoms with Crippen molar-refractivity contribution < 1.29 is 4.42 Å². The first-order valence-electron chi connectivity index (χ1n) is 25.4. The molecule has 0 N–H and O–H groups in total. The summed E-state index contributed by atoms with van der Waals surface area (Å²) in [5, 5.41) is 2.33. The van der Waals surface area contributed by atoms with Gasteiger partial charge in [0, 0.05) is 33.3 Å². The third-order valence-corrected chi connectivity index (χ3v) is 14.4. The molecule has 0 fully saturated rings. The number of anilines is 2. The Hall–Kier alpha value is -7.42. The van der Waals surface area contributed by atoms with Gasteiger partial charge in [-0.3, -0.25) is 0 Å². The molecule has 0 aliphatic heterocycles. The highest BCUT2D eigenvalue weighted by molar-refractivity contribution is 6.05. The summed E-state index contributed by atoms with van der Waals surface area (Å²) in [6, 6.07) is 60.1. The number of nitrogens with zero attached hydrogens (tertiary/aromatic N) is 1. The van der Waals surface area contributed by atoms with Crippen LogP contribution in [0.25, 0.3) is 66.5 Å². The van der Waals surface area contributed by atoms with Crippen LogP contribution in [0.3, 0.4) is 0 Å². The molecule has 0 unspecified atom stereocenters. The zero-order valence-corrected chi connectivity index (χ0v) is 41.2. The van der Waals surface area contributed by atoms with E-state index in [1.165, 1.54) is 94.5 Å². The molecule has 0 bridgehead atoms. The van der Waals surface area contributed by atoms with Crippen molar-refractivity contribution in [2.24, 2.45) is 0 Å². The molecule has 0 saturated heterocycles. The van der Waals surface area contributed by atoms with Crippen LogP contribution in [-0.4, -0.2) is 0 Å². The van der Waals surface area contributed by atoms with Gasteiger partial charge < -0.3 is 9.32 Å². The summed E-state index contributed by atoms with van der Waals surface area (Å²) < 4.78 is 6.30. The molecule has 4 aliphatic carbocycles. The maximum absolute atomic E-state index is 6.30. The molecule has 69 heavy (non-hydrogen) atoms. The molecule has 4 aliphatic rings. The van der Waals surface area contributed by atoms with Crippen molar-refractivity contribution in [3.8, 4) is 22.3 Å². The smallest absolute Gasteiger partial charge is 0.136 e. The Morgan fingerprint density at radius 1 is 0.493 bits per heavy atom. The molecule has 1 heterocycles. The van der Waals surface area contributed by atoms with Crippen molar-refractivity contribution in [1.29, 1.82) is 0 Å². The molecule has 0 radical (unpaired) electrons. The summed E-state index contributed by atoms with van der Waals surface area (Å²) in [5.74, 6) is 0. The molecule has 12 rings (SSSR count). The molecule has 7 aromatic carbocycles. The number of benzene rings is 7.